The van der Waals surface area contributed by atoms with E-state index in [1.165, 1.54) is 0 Å². The average molecular weight is 398 g/mol. The number of nitrogens with two attached hydrogens (primary N) is 1. The lowest BCUT2D eigenvalue weighted by atomic mass is 10.1. The number of hydrogen-bond donors (Lipinski definition) is 2. The zero-order valence-corrected chi connectivity index (χ0v) is 14.8. The normalized spacial score (nSPS) is 13.6. The Hall–Kier alpha value is -2.68. The van der Waals surface area contributed by atoms with Gasteiger partial charge in [-0.25, -0.2) is 0 Å². The molecule has 0 aliphatic carbocycles. The first kappa shape index (κ1) is 20.6. The third-order valence-electron chi connectivity index (χ3n) is 3.72. The summed E-state index contributed by atoms with van der Waals surface area (Å²) in [6.07, 6.45) is -4.48. The maximum atomic E-state index is 12.6. The molecule has 2 atom stereocenters. The van der Waals surface area contributed by atoms with E-state index in [-0.39, 0.29) is 17.7 Å². The second-order valence-electron chi connectivity index (χ2n) is 5.65. The van der Waals surface area contributed by atoms with Crippen LogP contribution in [-0.4, -0.2) is 27.8 Å². The van der Waals surface area contributed by atoms with Crippen molar-refractivity contribution in [2.45, 2.75) is 23.5 Å². The smallest absolute Gasteiger partial charge is 0.368 e. The summed E-state index contributed by atoms with van der Waals surface area (Å²) in [6.45, 7) is 0. The SMILES string of the molecule is NC(=O)[C@H](CC[S@](=O)c1ccccc1)NC(=O)c1ccc(C(F)(F)F)cc1. The topological polar surface area (TPSA) is 89.3 Å². The fourth-order valence-electron chi connectivity index (χ4n) is 2.25. The Bertz CT molecular complexity index is 824. The van der Waals surface area contributed by atoms with Gasteiger partial charge in [0.2, 0.25) is 5.91 Å². The monoisotopic (exact) mass is 398 g/mol. The number of amides is 2. The van der Waals surface area contributed by atoms with Crippen molar-refractivity contribution in [1.29, 1.82) is 0 Å². The third kappa shape index (κ3) is 5.92. The molecule has 2 aromatic rings. The molecule has 0 saturated carbocycles. The van der Waals surface area contributed by atoms with Crippen molar-refractivity contribution in [3.63, 3.8) is 0 Å². The summed E-state index contributed by atoms with van der Waals surface area (Å²) >= 11 is 0. The molecule has 2 amide bonds. The molecule has 0 unspecified atom stereocenters. The summed E-state index contributed by atoms with van der Waals surface area (Å²) in [5.74, 6) is -1.47. The van der Waals surface area contributed by atoms with Crippen molar-refractivity contribution in [3.8, 4) is 0 Å². The maximum Gasteiger partial charge on any atom is 0.416 e. The van der Waals surface area contributed by atoms with Crippen LogP contribution in [0.3, 0.4) is 0 Å². The molecule has 0 radical (unpaired) electrons. The van der Waals surface area contributed by atoms with Crippen LogP contribution in [0.15, 0.2) is 59.5 Å². The number of rotatable bonds is 7. The highest BCUT2D eigenvalue weighted by Gasteiger charge is 2.30. The molecule has 27 heavy (non-hydrogen) atoms. The minimum Gasteiger partial charge on any atom is -0.368 e. The molecule has 0 fully saturated rings. The molecule has 3 N–H and O–H groups in total. The molecule has 9 heteroatoms. The highest BCUT2D eigenvalue weighted by Crippen LogP contribution is 2.29. The number of carbonyl (C=O) groups is 2. The Labute approximate surface area is 156 Å². The molecule has 144 valence electrons. The molecule has 0 bridgehead atoms. The molecule has 0 aliphatic heterocycles. The molecular formula is C18H17F3N2O3S. The first-order valence-electron chi connectivity index (χ1n) is 7.89. The van der Waals surface area contributed by atoms with Gasteiger partial charge in [-0.05, 0) is 42.8 Å². The Morgan fingerprint density at radius 3 is 2.15 bits per heavy atom. The predicted octanol–water partition coefficient (Wildman–Crippen LogP) is 2.49. The van der Waals surface area contributed by atoms with E-state index in [1.807, 2.05) is 0 Å². The minimum absolute atomic E-state index is 0.0310. The standard InChI is InChI=1S/C18H17F3N2O3S/c19-18(20,21)13-8-6-12(7-9-13)17(25)23-15(16(22)24)10-11-27(26)14-4-2-1-3-5-14/h1-9,15H,10-11H2,(H2,22,24)(H,23,25)/t15-,27-/m0/s1. The van der Waals surface area contributed by atoms with Crippen LogP contribution >= 0.6 is 0 Å². The van der Waals surface area contributed by atoms with Crippen LogP contribution < -0.4 is 11.1 Å². The van der Waals surface area contributed by atoms with Crippen LogP contribution in [0.25, 0.3) is 0 Å². The van der Waals surface area contributed by atoms with E-state index in [0.29, 0.717) is 4.90 Å². The average Bonchev–Trinajstić information content (AvgIpc) is 2.64. The number of alkyl halides is 3. The molecule has 0 heterocycles. The van der Waals surface area contributed by atoms with E-state index in [4.69, 9.17) is 5.73 Å². The highest BCUT2D eigenvalue weighted by atomic mass is 32.2. The largest absolute Gasteiger partial charge is 0.416 e. The summed E-state index contributed by atoms with van der Waals surface area (Å²) in [6, 6.07) is 11.1. The lowest BCUT2D eigenvalue weighted by Crippen LogP contribution is -2.45. The van der Waals surface area contributed by atoms with Crippen molar-refractivity contribution >= 4 is 22.6 Å². The lowest BCUT2D eigenvalue weighted by molar-refractivity contribution is -0.137. The minimum atomic E-state index is -4.51. The Morgan fingerprint density at radius 2 is 1.63 bits per heavy atom. The lowest BCUT2D eigenvalue weighted by Gasteiger charge is -2.15. The van der Waals surface area contributed by atoms with E-state index in [0.717, 1.165) is 24.3 Å². The number of halogens is 3. The fraction of sp³-hybridized carbons (Fsp3) is 0.222. The Kier molecular flexibility index (Phi) is 6.73. The summed E-state index contributed by atoms with van der Waals surface area (Å²) in [5, 5.41) is 2.37. The van der Waals surface area contributed by atoms with Gasteiger partial charge in [0.25, 0.3) is 5.91 Å². The van der Waals surface area contributed by atoms with Gasteiger partial charge in [-0.3, -0.25) is 13.8 Å². The van der Waals surface area contributed by atoms with Gasteiger partial charge in [0, 0.05) is 16.2 Å². The van der Waals surface area contributed by atoms with Crippen LogP contribution in [-0.2, 0) is 21.8 Å². The van der Waals surface area contributed by atoms with Crippen molar-refractivity contribution in [3.05, 3.63) is 65.7 Å². The second-order valence-corrected chi connectivity index (χ2v) is 7.23. The van der Waals surface area contributed by atoms with Gasteiger partial charge in [-0.1, -0.05) is 18.2 Å². The Morgan fingerprint density at radius 1 is 1.04 bits per heavy atom. The van der Waals surface area contributed by atoms with E-state index in [9.17, 15) is 27.0 Å². The molecule has 0 aromatic heterocycles. The van der Waals surface area contributed by atoms with Crippen LogP contribution in [0.4, 0.5) is 13.2 Å². The van der Waals surface area contributed by atoms with Crippen LogP contribution in [0, 0.1) is 0 Å². The van der Waals surface area contributed by atoms with Crippen molar-refractivity contribution < 1.29 is 27.0 Å². The second kappa shape index (κ2) is 8.81. The first-order valence-corrected chi connectivity index (χ1v) is 9.21. The number of primary amides is 1. The van der Waals surface area contributed by atoms with E-state index < -0.39 is 40.4 Å². The zero-order chi connectivity index (χ0) is 20.0. The molecule has 2 aromatic carbocycles. The van der Waals surface area contributed by atoms with E-state index >= 15 is 0 Å². The number of nitrogens with one attached hydrogen (secondary N) is 1. The maximum absolute atomic E-state index is 12.6. The van der Waals surface area contributed by atoms with Gasteiger partial charge in [-0.15, -0.1) is 0 Å². The van der Waals surface area contributed by atoms with Gasteiger partial charge in [-0.2, -0.15) is 13.2 Å². The van der Waals surface area contributed by atoms with Crippen molar-refractivity contribution in [2.24, 2.45) is 5.73 Å². The van der Waals surface area contributed by atoms with Crippen molar-refractivity contribution in [2.75, 3.05) is 5.75 Å². The summed E-state index contributed by atoms with van der Waals surface area (Å²) in [5.41, 5.74) is 4.34. The highest BCUT2D eigenvalue weighted by molar-refractivity contribution is 7.85. The van der Waals surface area contributed by atoms with Gasteiger partial charge < -0.3 is 11.1 Å². The van der Waals surface area contributed by atoms with Crippen LogP contribution in [0.2, 0.25) is 0 Å². The number of carbonyl (C=O) groups excluding carboxylic acids is 2. The summed E-state index contributed by atoms with van der Waals surface area (Å²) < 4.78 is 49.9. The molecule has 2 rings (SSSR count). The predicted molar refractivity (Wildman–Crippen MR) is 94.2 cm³/mol. The van der Waals surface area contributed by atoms with Gasteiger partial charge in [0.15, 0.2) is 0 Å². The van der Waals surface area contributed by atoms with Crippen molar-refractivity contribution in [1.82, 2.24) is 5.32 Å². The van der Waals surface area contributed by atoms with Gasteiger partial charge in [0.05, 0.1) is 16.4 Å². The zero-order valence-electron chi connectivity index (χ0n) is 14.0. The van der Waals surface area contributed by atoms with E-state index in [2.05, 4.69) is 5.32 Å². The molecule has 0 spiro atoms. The molecular weight excluding hydrogens is 381 g/mol. The molecule has 0 saturated heterocycles. The number of benzene rings is 2. The first-order chi connectivity index (χ1) is 12.7. The summed E-state index contributed by atoms with van der Waals surface area (Å²) in [7, 11) is -1.38. The van der Waals surface area contributed by atoms with Gasteiger partial charge in [0.1, 0.15) is 6.04 Å². The van der Waals surface area contributed by atoms with Crippen LogP contribution in [0.5, 0.6) is 0 Å². The molecule has 5 nitrogen and oxygen atoms in total. The third-order valence-corrected chi connectivity index (χ3v) is 5.13. The van der Waals surface area contributed by atoms with Gasteiger partial charge >= 0.3 is 6.18 Å². The van der Waals surface area contributed by atoms with E-state index in [1.54, 1.807) is 30.3 Å². The summed E-state index contributed by atoms with van der Waals surface area (Å²) in [4.78, 5) is 24.3. The molecule has 0 aliphatic rings. The van der Waals surface area contributed by atoms with Crippen LogP contribution in [0.1, 0.15) is 22.3 Å². The quantitative estimate of drug-likeness (QED) is 0.751. The fourth-order valence-corrected chi connectivity index (χ4v) is 3.40. The Balaban J connectivity index is 2.00. The number of hydrogen-bond acceptors (Lipinski definition) is 3.